The standard InChI is InChI=1S/C23H24N2O4/c1-15-9-16(2)25(13-18-5-4-6-19(10-18)27-3)22(15)23(26)24-12-17-7-8-20-21(11-17)29-14-28-20/h4-11H,12-14H2,1-3H3,(H,24,26). The zero-order valence-corrected chi connectivity index (χ0v) is 16.8. The fraction of sp³-hybridized carbons (Fsp3) is 0.261. The molecule has 0 fully saturated rings. The second-order valence-corrected chi connectivity index (χ2v) is 7.13. The van der Waals surface area contributed by atoms with E-state index < -0.39 is 0 Å². The average molecular weight is 392 g/mol. The summed E-state index contributed by atoms with van der Waals surface area (Å²) in [6, 6.07) is 15.6. The lowest BCUT2D eigenvalue weighted by Crippen LogP contribution is -2.26. The van der Waals surface area contributed by atoms with Crippen LogP contribution in [0.5, 0.6) is 17.2 Å². The third-order valence-corrected chi connectivity index (χ3v) is 5.07. The van der Waals surface area contributed by atoms with Crippen molar-refractivity contribution in [3.8, 4) is 17.2 Å². The number of aryl methyl sites for hydroxylation is 2. The van der Waals surface area contributed by atoms with Crippen LogP contribution in [-0.2, 0) is 13.1 Å². The Morgan fingerprint density at radius 2 is 1.90 bits per heavy atom. The molecule has 1 aliphatic heterocycles. The van der Waals surface area contributed by atoms with E-state index in [0.29, 0.717) is 24.5 Å². The maximum atomic E-state index is 13.0. The number of nitrogens with zero attached hydrogens (tertiary/aromatic N) is 1. The van der Waals surface area contributed by atoms with E-state index in [2.05, 4.69) is 5.32 Å². The summed E-state index contributed by atoms with van der Waals surface area (Å²) in [4.78, 5) is 13.0. The van der Waals surface area contributed by atoms with Gasteiger partial charge >= 0.3 is 0 Å². The molecule has 2 aromatic carbocycles. The van der Waals surface area contributed by atoms with Gasteiger partial charge in [-0.1, -0.05) is 18.2 Å². The molecule has 1 aliphatic rings. The van der Waals surface area contributed by atoms with Crippen LogP contribution in [0.15, 0.2) is 48.5 Å². The Morgan fingerprint density at radius 3 is 2.72 bits per heavy atom. The van der Waals surface area contributed by atoms with Gasteiger partial charge < -0.3 is 24.1 Å². The molecule has 0 saturated carbocycles. The summed E-state index contributed by atoms with van der Waals surface area (Å²) in [7, 11) is 1.65. The summed E-state index contributed by atoms with van der Waals surface area (Å²) in [5.74, 6) is 2.15. The van der Waals surface area contributed by atoms with Crippen LogP contribution in [0.4, 0.5) is 0 Å². The van der Waals surface area contributed by atoms with Crippen molar-refractivity contribution in [2.45, 2.75) is 26.9 Å². The van der Waals surface area contributed by atoms with Gasteiger partial charge in [0, 0.05) is 18.8 Å². The molecule has 0 aliphatic carbocycles. The second-order valence-electron chi connectivity index (χ2n) is 7.13. The van der Waals surface area contributed by atoms with Gasteiger partial charge in [0.2, 0.25) is 6.79 Å². The van der Waals surface area contributed by atoms with E-state index in [-0.39, 0.29) is 12.7 Å². The molecule has 29 heavy (non-hydrogen) atoms. The Bertz CT molecular complexity index is 1060. The maximum Gasteiger partial charge on any atom is 0.268 e. The van der Waals surface area contributed by atoms with E-state index >= 15 is 0 Å². The topological polar surface area (TPSA) is 61.7 Å². The molecule has 6 heteroatoms. The molecule has 0 saturated heterocycles. The van der Waals surface area contributed by atoms with Gasteiger partial charge in [-0.3, -0.25) is 4.79 Å². The Kier molecular flexibility index (Phi) is 5.16. The van der Waals surface area contributed by atoms with Gasteiger partial charge in [-0.25, -0.2) is 0 Å². The molecule has 150 valence electrons. The predicted octanol–water partition coefficient (Wildman–Crippen LogP) is 3.82. The number of fused-ring (bicyclic) bond motifs is 1. The first-order chi connectivity index (χ1) is 14.0. The molecule has 4 rings (SSSR count). The molecule has 3 aromatic rings. The van der Waals surface area contributed by atoms with Crippen LogP contribution in [0, 0.1) is 13.8 Å². The number of nitrogens with one attached hydrogen (secondary N) is 1. The van der Waals surface area contributed by atoms with Crippen molar-refractivity contribution in [3.05, 3.63) is 76.6 Å². The van der Waals surface area contributed by atoms with E-state index in [0.717, 1.165) is 33.9 Å². The van der Waals surface area contributed by atoms with Crippen LogP contribution >= 0.6 is 0 Å². The van der Waals surface area contributed by atoms with Crippen molar-refractivity contribution in [2.24, 2.45) is 0 Å². The van der Waals surface area contributed by atoms with E-state index in [1.165, 1.54) is 0 Å². The summed E-state index contributed by atoms with van der Waals surface area (Å²) in [6.07, 6.45) is 0. The third kappa shape index (κ3) is 3.92. The highest BCUT2D eigenvalue weighted by Gasteiger charge is 2.18. The summed E-state index contributed by atoms with van der Waals surface area (Å²) < 4.78 is 18.1. The monoisotopic (exact) mass is 392 g/mol. The summed E-state index contributed by atoms with van der Waals surface area (Å²) in [5, 5.41) is 3.03. The van der Waals surface area contributed by atoms with Crippen LogP contribution in [0.1, 0.15) is 32.9 Å². The smallest absolute Gasteiger partial charge is 0.268 e. The van der Waals surface area contributed by atoms with Crippen molar-refractivity contribution >= 4 is 5.91 Å². The quantitative estimate of drug-likeness (QED) is 0.693. The molecule has 1 amide bonds. The van der Waals surface area contributed by atoms with Crippen molar-refractivity contribution in [1.29, 1.82) is 0 Å². The molecular weight excluding hydrogens is 368 g/mol. The van der Waals surface area contributed by atoms with E-state index in [1.54, 1.807) is 7.11 Å². The van der Waals surface area contributed by atoms with Gasteiger partial charge in [0.15, 0.2) is 11.5 Å². The van der Waals surface area contributed by atoms with E-state index in [1.807, 2.05) is 66.9 Å². The second kappa shape index (κ2) is 7.91. The molecule has 0 bridgehead atoms. The number of hydrogen-bond donors (Lipinski definition) is 1. The van der Waals surface area contributed by atoms with Crippen LogP contribution in [0.2, 0.25) is 0 Å². The Labute approximate surface area is 170 Å². The van der Waals surface area contributed by atoms with Crippen LogP contribution in [0.3, 0.4) is 0 Å². The zero-order valence-electron chi connectivity index (χ0n) is 16.8. The first kappa shape index (κ1) is 18.9. The number of carbonyl (C=O) groups is 1. The zero-order chi connectivity index (χ0) is 20.4. The molecular formula is C23H24N2O4. The SMILES string of the molecule is COc1cccc(Cn2c(C)cc(C)c2C(=O)NCc2ccc3c(c2)OCO3)c1. The normalized spacial score (nSPS) is 12.1. The predicted molar refractivity (Wildman–Crippen MR) is 110 cm³/mol. The Morgan fingerprint density at radius 1 is 1.07 bits per heavy atom. The molecule has 1 N–H and O–H groups in total. The fourth-order valence-electron chi connectivity index (χ4n) is 3.62. The van der Waals surface area contributed by atoms with Gasteiger partial charge in [-0.15, -0.1) is 0 Å². The highest BCUT2D eigenvalue weighted by Crippen LogP contribution is 2.32. The minimum atomic E-state index is -0.101. The lowest BCUT2D eigenvalue weighted by Gasteiger charge is -2.14. The summed E-state index contributed by atoms with van der Waals surface area (Å²) >= 11 is 0. The van der Waals surface area contributed by atoms with E-state index in [9.17, 15) is 4.79 Å². The van der Waals surface area contributed by atoms with Gasteiger partial charge in [-0.2, -0.15) is 0 Å². The molecule has 6 nitrogen and oxygen atoms in total. The highest BCUT2D eigenvalue weighted by atomic mass is 16.7. The molecule has 2 heterocycles. The molecule has 0 radical (unpaired) electrons. The minimum Gasteiger partial charge on any atom is -0.497 e. The van der Waals surface area contributed by atoms with Crippen molar-refractivity contribution in [1.82, 2.24) is 9.88 Å². The van der Waals surface area contributed by atoms with Crippen molar-refractivity contribution in [2.75, 3.05) is 13.9 Å². The van der Waals surface area contributed by atoms with Gasteiger partial charge in [-0.05, 0) is 60.9 Å². The molecule has 0 unspecified atom stereocenters. The lowest BCUT2D eigenvalue weighted by atomic mass is 10.2. The Hall–Kier alpha value is -3.41. The van der Waals surface area contributed by atoms with Gasteiger partial charge in [0.25, 0.3) is 5.91 Å². The third-order valence-electron chi connectivity index (χ3n) is 5.07. The van der Waals surface area contributed by atoms with Crippen molar-refractivity contribution in [3.63, 3.8) is 0 Å². The minimum absolute atomic E-state index is 0.101. The largest absolute Gasteiger partial charge is 0.497 e. The Balaban J connectivity index is 1.52. The first-order valence-corrected chi connectivity index (χ1v) is 9.51. The van der Waals surface area contributed by atoms with Crippen LogP contribution < -0.4 is 19.5 Å². The number of rotatable bonds is 6. The van der Waals surface area contributed by atoms with Gasteiger partial charge in [0.1, 0.15) is 11.4 Å². The number of hydrogen-bond acceptors (Lipinski definition) is 4. The van der Waals surface area contributed by atoms with Crippen LogP contribution in [-0.4, -0.2) is 24.4 Å². The highest BCUT2D eigenvalue weighted by molar-refractivity contribution is 5.94. The summed E-state index contributed by atoms with van der Waals surface area (Å²) in [6.45, 7) is 5.23. The number of benzene rings is 2. The number of ether oxygens (including phenoxy) is 3. The van der Waals surface area contributed by atoms with E-state index in [4.69, 9.17) is 14.2 Å². The first-order valence-electron chi connectivity index (χ1n) is 9.51. The lowest BCUT2D eigenvalue weighted by molar-refractivity contribution is 0.0941. The number of amides is 1. The number of methoxy groups -OCH3 is 1. The fourth-order valence-corrected chi connectivity index (χ4v) is 3.62. The number of aromatic nitrogens is 1. The van der Waals surface area contributed by atoms with Crippen LogP contribution in [0.25, 0.3) is 0 Å². The maximum absolute atomic E-state index is 13.0. The summed E-state index contributed by atoms with van der Waals surface area (Å²) in [5.41, 5.74) is 4.70. The molecule has 1 aromatic heterocycles. The molecule has 0 spiro atoms. The average Bonchev–Trinajstić information content (AvgIpc) is 3.30. The van der Waals surface area contributed by atoms with Crippen molar-refractivity contribution < 1.29 is 19.0 Å². The molecule has 0 atom stereocenters. The van der Waals surface area contributed by atoms with Gasteiger partial charge in [0.05, 0.1) is 7.11 Å². The number of carbonyl (C=O) groups excluding carboxylic acids is 1.